The number of halogens is 4. The number of nitrogens with one attached hydrogen (secondary N) is 1. The highest BCUT2D eigenvalue weighted by atomic mass is 35.5. The Balaban J connectivity index is 1.42. The van der Waals surface area contributed by atoms with Gasteiger partial charge in [0.25, 0.3) is 0 Å². The largest absolute Gasteiger partial charge is 0.497 e. The van der Waals surface area contributed by atoms with Crippen molar-refractivity contribution in [3.05, 3.63) is 94.6 Å². The molecule has 3 aromatic rings. The minimum Gasteiger partial charge on any atom is -0.497 e. The third-order valence-corrected chi connectivity index (χ3v) is 7.93. The zero-order valence-corrected chi connectivity index (χ0v) is 21.6. The fraction of sp³-hybridized carbons (Fsp3) is 0.207. The third-order valence-electron chi connectivity index (χ3n) is 7.60. The molecular weight excluding hydrogens is 547 g/mol. The molecule has 0 spiro atoms. The van der Waals surface area contributed by atoms with Gasteiger partial charge < -0.3 is 15.0 Å². The van der Waals surface area contributed by atoms with E-state index in [9.17, 15) is 27.6 Å². The van der Waals surface area contributed by atoms with Crippen LogP contribution in [0.1, 0.15) is 22.7 Å². The second kappa shape index (κ2) is 9.41. The van der Waals surface area contributed by atoms with Gasteiger partial charge in [0.1, 0.15) is 11.8 Å². The zero-order valence-electron chi connectivity index (χ0n) is 20.9. The van der Waals surface area contributed by atoms with Crippen LogP contribution in [-0.2, 0) is 20.6 Å². The molecule has 0 aromatic heterocycles. The first-order chi connectivity index (χ1) is 19.1. The summed E-state index contributed by atoms with van der Waals surface area (Å²) in [5.74, 6) is -3.51. The molecular formula is C29H21ClF3N3O4. The molecule has 0 saturated carbocycles. The molecule has 0 bridgehead atoms. The van der Waals surface area contributed by atoms with Gasteiger partial charge >= 0.3 is 6.18 Å². The number of amides is 3. The van der Waals surface area contributed by atoms with Crippen LogP contribution in [-0.4, -0.2) is 35.8 Å². The summed E-state index contributed by atoms with van der Waals surface area (Å²) in [7, 11) is 1.51. The van der Waals surface area contributed by atoms with Gasteiger partial charge in [0, 0.05) is 11.9 Å². The summed E-state index contributed by atoms with van der Waals surface area (Å²) in [6, 6.07) is 15.0. The number of benzene rings is 3. The van der Waals surface area contributed by atoms with Crippen LogP contribution in [0.3, 0.4) is 0 Å². The van der Waals surface area contributed by atoms with Crippen molar-refractivity contribution in [2.45, 2.75) is 18.3 Å². The number of nitrogens with zero attached hydrogens (tertiary/aromatic N) is 2. The van der Waals surface area contributed by atoms with Crippen molar-refractivity contribution >= 4 is 46.8 Å². The zero-order chi connectivity index (χ0) is 28.3. The Hall–Kier alpha value is -4.31. The van der Waals surface area contributed by atoms with Crippen LogP contribution in [0.25, 0.3) is 6.08 Å². The number of carbonyl (C=O) groups excluding carboxylic acids is 3. The quantitative estimate of drug-likeness (QED) is 0.420. The van der Waals surface area contributed by atoms with E-state index in [1.165, 1.54) is 13.2 Å². The lowest BCUT2D eigenvalue weighted by molar-refractivity contribution is -0.137. The maximum absolute atomic E-state index is 13.9. The number of hydrogen-bond acceptors (Lipinski definition) is 5. The smallest absolute Gasteiger partial charge is 0.417 e. The van der Waals surface area contributed by atoms with Gasteiger partial charge in [0.2, 0.25) is 17.7 Å². The highest BCUT2D eigenvalue weighted by molar-refractivity contribution is 6.32. The van der Waals surface area contributed by atoms with Gasteiger partial charge in [-0.25, -0.2) is 4.90 Å². The lowest BCUT2D eigenvalue weighted by Crippen LogP contribution is -2.46. The molecule has 11 heteroatoms. The van der Waals surface area contributed by atoms with Gasteiger partial charge in [-0.15, -0.1) is 0 Å². The Morgan fingerprint density at radius 3 is 2.38 bits per heavy atom. The first-order valence-electron chi connectivity index (χ1n) is 12.3. The predicted octanol–water partition coefficient (Wildman–Crippen LogP) is 5.52. The van der Waals surface area contributed by atoms with E-state index in [1.807, 2.05) is 24.3 Å². The monoisotopic (exact) mass is 567 g/mol. The number of ether oxygens (including phenoxy) is 1. The molecule has 3 aliphatic rings. The van der Waals surface area contributed by atoms with E-state index in [2.05, 4.69) is 5.32 Å². The summed E-state index contributed by atoms with van der Waals surface area (Å²) >= 11 is 5.78. The molecule has 0 radical (unpaired) electrons. The molecule has 7 nitrogen and oxygen atoms in total. The van der Waals surface area contributed by atoms with Crippen molar-refractivity contribution in [2.24, 2.45) is 11.8 Å². The number of methoxy groups -OCH3 is 1. The van der Waals surface area contributed by atoms with Crippen molar-refractivity contribution in [3.8, 4) is 5.75 Å². The van der Waals surface area contributed by atoms with Gasteiger partial charge in [-0.1, -0.05) is 35.9 Å². The van der Waals surface area contributed by atoms with Crippen LogP contribution in [0.5, 0.6) is 5.75 Å². The molecule has 3 aliphatic heterocycles. The number of hydrogen-bond donors (Lipinski definition) is 1. The second-order valence-electron chi connectivity index (χ2n) is 9.72. The van der Waals surface area contributed by atoms with E-state index >= 15 is 0 Å². The molecule has 3 amide bonds. The Morgan fingerprint density at radius 2 is 1.68 bits per heavy atom. The molecule has 4 atom stereocenters. The maximum atomic E-state index is 13.9. The fourth-order valence-electron chi connectivity index (χ4n) is 5.87. The average molecular weight is 568 g/mol. The molecule has 3 aromatic carbocycles. The summed E-state index contributed by atoms with van der Waals surface area (Å²) < 4.78 is 46.0. The lowest BCUT2D eigenvalue weighted by atomic mass is 9.84. The topological polar surface area (TPSA) is 79.0 Å². The minimum atomic E-state index is -4.79. The predicted molar refractivity (Wildman–Crippen MR) is 141 cm³/mol. The van der Waals surface area contributed by atoms with E-state index in [4.69, 9.17) is 16.3 Å². The van der Waals surface area contributed by atoms with Crippen LogP contribution < -0.4 is 15.0 Å². The van der Waals surface area contributed by atoms with Crippen molar-refractivity contribution in [3.63, 3.8) is 0 Å². The van der Waals surface area contributed by atoms with E-state index < -0.39 is 58.4 Å². The Kier molecular flexibility index (Phi) is 6.10. The van der Waals surface area contributed by atoms with Crippen LogP contribution >= 0.6 is 11.6 Å². The van der Waals surface area contributed by atoms with E-state index in [1.54, 1.807) is 41.4 Å². The van der Waals surface area contributed by atoms with E-state index in [0.29, 0.717) is 17.5 Å². The van der Waals surface area contributed by atoms with E-state index in [-0.39, 0.29) is 5.69 Å². The standard InChI is InChI=1S/C29H21ClF3N3O4/c1-40-18-9-6-16(7-10-18)34-26(37)25-23-22(24-19-5-3-2-4-15(19)12-13-35(24)25)27(38)36(28(23)39)17-8-11-21(30)20(14-17)29(31,32)33/h2-14,22-25H,1H3,(H,34,37)/t22-,23-,24+,25+/m0/s1. The molecule has 6 rings (SSSR count). The maximum Gasteiger partial charge on any atom is 0.417 e. The summed E-state index contributed by atoms with van der Waals surface area (Å²) in [5.41, 5.74) is 0.610. The summed E-state index contributed by atoms with van der Waals surface area (Å²) in [5, 5.41) is 2.26. The molecule has 0 aliphatic carbocycles. The summed E-state index contributed by atoms with van der Waals surface area (Å²) in [4.78, 5) is 44.0. The fourth-order valence-corrected chi connectivity index (χ4v) is 6.10. The normalized spacial score (nSPS) is 23.1. The second-order valence-corrected chi connectivity index (χ2v) is 10.1. The third kappa shape index (κ3) is 4.02. The first-order valence-corrected chi connectivity index (χ1v) is 12.7. The van der Waals surface area contributed by atoms with Crippen molar-refractivity contribution in [1.29, 1.82) is 0 Å². The number of imide groups is 1. The Bertz CT molecular complexity index is 1570. The molecule has 1 N–H and O–H groups in total. The number of carbonyl (C=O) groups is 3. The van der Waals surface area contributed by atoms with Gasteiger partial charge in [-0.05, 0) is 59.7 Å². The molecule has 40 heavy (non-hydrogen) atoms. The molecule has 2 saturated heterocycles. The average Bonchev–Trinajstić information content (AvgIpc) is 3.41. The van der Waals surface area contributed by atoms with Gasteiger partial charge in [-0.2, -0.15) is 13.2 Å². The highest BCUT2D eigenvalue weighted by Crippen LogP contribution is 2.53. The number of anilines is 2. The number of fused-ring (bicyclic) bond motifs is 5. The highest BCUT2D eigenvalue weighted by Gasteiger charge is 2.64. The van der Waals surface area contributed by atoms with Crippen LogP contribution in [0.15, 0.2) is 72.9 Å². The number of rotatable bonds is 4. The van der Waals surface area contributed by atoms with Crippen LogP contribution in [0.4, 0.5) is 24.5 Å². The SMILES string of the molecule is COc1ccc(NC(=O)[C@H]2[C@H]3C(=O)N(c4ccc(Cl)c(C(F)(F)F)c4)C(=O)[C@@H]3[C@H]3c4ccccc4C=CN32)cc1. The van der Waals surface area contributed by atoms with Crippen molar-refractivity contribution in [1.82, 2.24) is 4.90 Å². The molecule has 3 heterocycles. The minimum absolute atomic E-state index is 0.248. The van der Waals surface area contributed by atoms with Gasteiger partial charge in [0.05, 0.1) is 41.3 Å². The lowest BCUT2D eigenvalue weighted by Gasteiger charge is -2.35. The Morgan fingerprint density at radius 1 is 0.975 bits per heavy atom. The Labute approximate surface area is 231 Å². The van der Waals surface area contributed by atoms with E-state index in [0.717, 1.165) is 22.1 Å². The van der Waals surface area contributed by atoms with Crippen molar-refractivity contribution in [2.75, 3.05) is 17.3 Å². The molecule has 2 fully saturated rings. The first kappa shape index (κ1) is 25.9. The molecule has 0 unspecified atom stereocenters. The van der Waals surface area contributed by atoms with Crippen LogP contribution in [0.2, 0.25) is 5.02 Å². The summed E-state index contributed by atoms with van der Waals surface area (Å²) in [6.45, 7) is 0. The summed E-state index contributed by atoms with van der Waals surface area (Å²) in [6.07, 6.45) is -1.29. The number of alkyl halides is 3. The van der Waals surface area contributed by atoms with Gasteiger partial charge in [-0.3, -0.25) is 14.4 Å². The molecule has 204 valence electrons. The van der Waals surface area contributed by atoms with Crippen LogP contribution in [0, 0.1) is 11.8 Å². The van der Waals surface area contributed by atoms with Gasteiger partial charge in [0.15, 0.2) is 0 Å². The van der Waals surface area contributed by atoms with Crippen molar-refractivity contribution < 1.29 is 32.3 Å².